The van der Waals surface area contributed by atoms with Crippen LogP contribution in [0.5, 0.6) is 0 Å². The highest BCUT2D eigenvalue weighted by Crippen LogP contribution is 2.18. The second-order valence-corrected chi connectivity index (χ2v) is 8.54. The Balaban J connectivity index is 1.63. The van der Waals surface area contributed by atoms with E-state index < -0.39 is 10.0 Å². The molecule has 0 amide bonds. The number of rotatable bonds is 7. The molecule has 1 N–H and O–H groups in total. The number of sulfonamides is 1. The van der Waals surface area contributed by atoms with Crippen molar-refractivity contribution in [2.24, 2.45) is 0 Å². The topological polar surface area (TPSA) is 76.1 Å². The zero-order valence-electron chi connectivity index (χ0n) is 14.2. The number of aromatic nitrogens is 1. The van der Waals surface area contributed by atoms with Gasteiger partial charge in [-0.3, -0.25) is 9.52 Å². The van der Waals surface area contributed by atoms with Crippen molar-refractivity contribution in [3.8, 4) is 0 Å². The molecule has 1 heterocycles. The summed E-state index contributed by atoms with van der Waals surface area (Å²) in [4.78, 5) is 16.3. The molecule has 5 nitrogen and oxygen atoms in total. The number of anilines is 1. The van der Waals surface area contributed by atoms with E-state index in [4.69, 9.17) is 0 Å². The highest BCUT2D eigenvalue weighted by molar-refractivity contribution is 7.93. The van der Waals surface area contributed by atoms with Crippen LogP contribution in [0.15, 0.2) is 65.0 Å². The fraction of sp³-hybridized carbons (Fsp3) is 0.158. The molecule has 0 aliphatic heterocycles. The van der Waals surface area contributed by atoms with Crippen LogP contribution in [0.2, 0.25) is 0 Å². The monoisotopic (exact) mass is 386 g/mol. The van der Waals surface area contributed by atoms with E-state index in [9.17, 15) is 13.2 Å². The van der Waals surface area contributed by atoms with E-state index in [-0.39, 0.29) is 17.1 Å². The molecule has 0 saturated heterocycles. The molecule has 134 valence electrons. The van der Waals surface area contributed by atoms with E-state index in [2.05, 4.69) is 9.71 Å². The molecular weight excluding hydrogens is 368 g/mol. The molecule has 0 bridgehead atoms. The molecule has 7 heteroatoms. The van der Waals surface area contributed by atoms with Gasteiger partial charge in [0.2, 0.25) is 0 Å². The van der Waals surface area contributed by atoms with Crippen molar-refractivity contribution >= 4 is 32.3 Å². The molecule has 0 spiro atoms. The van der Waals surface area contributed by atoms with Gasteiger partial charge >= 0.3 is 0 Å². The molecule has 3 rings (SSSR count). The van der Waals surface area contributed by atoms with Crippen molar-refractivity contribution in [2.45, 2.75) is 24.7 Å². The van der Waals surface area contributed by atoms with E-state index in [1.54, 1.807) is 17.5 Å². The molecule has 0 aliphatic carbocycles. The van der Waals surface area contributed by atoms with E-state index in [1.165, 1.54) is 29.7 Å². The van der Waals surface area contributed by atoms with Gasteiger partial charge in [0.25, 0.3) is 10.0 Å². The maximum Gasteiger partial charge on any atom is 0.263 e. The lowest BCUT2D eigenvalue weighted by molar-refractivity contribution is -0.117. The Bertz CT molecular complexity index is 978. The summed E-state index contributed by atoms with van der Waals surface area (Å²) in [7, 11) is -3.67. The summed E-state index contributed by atoms with van der Waals surface area (Å²) in [5.74, 6) is 0.0883. The van der Waals surface area contributed by atoms with Gasteiger partial charge in [-0.1, -0.05) is 42.0 Å². The van der Waals surface area contributed by atoms with Gasteiger partial charge in [-0.25, -0.2) is 13.4 Å². The van der Waals surface area contributed by atoms with Gasteiger partial charge in [0.1, 0.15) is 5.78 Å². The highest BCUT2D eigenvalue weighted by Gasteiger charge is 2.15. The molecule has 2 aromatic carbocycles. The van der Waals surface area contributed by atoms with E-state index in [0.717, 1.165) is 16.7 Å². The van der Waals surface area contributed by atoms with Crippen LogP contribution in [-0.2, 0) is 27.7 Å². The Kier molecular flexibility index (Phi) is 5.49. The summed E-state index contributed by atoms with van der Waals surface area (Å²) in [5.41, 5.74) is 2.92. The molecule has 0 saturated carbocycles. The molecule has 0 radical (unpaired) electrons. The average molecular weight is 386 g/mol. The minimum atomic E-state index is -3.67. The molecule has 3 aromatic rings. The molecular formula is C19H18N2O3S2. The Labute approximate surface area is 156 Å². The molecule has 0 atom stereocenters. The predicted octanol–water partition coefficient (Wildman–Crippen LogP) is 3.61. The second-order valence-electron chi connectivity index (χ2n) is 5.96. The lowest BCUT2D eigenvalue weighted by Gasteiger charge is -2.07. The van der Waals surface area contributed by atoms with Gasteiger partial charge in [0.05, 0.1) is 4.90 Å². The zero-order valence-corrected chi connectivity index (χ0v) is 15.8. The third-order valence-electron chi connectivity index (χ3n) is 3.81. The quantitative estimate of drug-likeness (QED) is 0.673. The smallest absolute Gasteiger partial charge is 0.263 e. The van der Waals surface area contributed by atoms with Crippen LogP contribution in [0.1, 0.15) is 16.7 Å². The van der Waals surface area contributed by atoms with Crippen LogP contribution >= 0.6 is 11.3 Å². The minimum Gasteiger partial charge on any atom is -0.299 e. The van der Waals surface area contributed by atoms with Crippen LogP contribution in [0.4, 0.5) is 5.13 Å². The minimum absolute atomic E-state index is 0.0883. The second kappa shape index (κ2) is 7.80. The Morgan fingerprint density at radius 2 is 1.58 bits per heavy atom. The third-order valence-corrected chi connectivity index (χ3v) is 5.98. The number of Topliss-reactive ketones (excluding diaryl/α,β-unsaturated/α-hetero) is 1. The van der Waals surface area contributed by atoms with Gasteiger partial charge in [0.15, 0.2) is 5.13 Å². The summed E-state index contributed by atoms with van der Waals surface area (Å²) in [6.07, 6.45) is 2.17. The number of benzene rings is 2. The standard InChI is InChI=1S/C19H18N2O3S2/c1-14-2-4-15(5-3-14)12-17(22)13-16-6-8-18(9-7-16)26(23,24)21-19-20-10-11-25-19/h2-11H,12-13H2,1H3,(H,20,21). The van der Waals surface area contributed by atoms with Gasteiger partial charge < -0.3 is 0 Å². The Hall–Kier alpha value is -2.51. The zero-order chi connectivity index (χ0) is 18.6. The number of ketones is 1. The first kappa shape index (κ1) is 18.3. The van der Waals surface area contributed by atoms with Gasteiger partial charge in [-0.2, -0.15) is 0 Å². The Morgan fingerprint density at radius 3 is 2.12 bits per heavy atom. The predicted molar refractivity (Wildman–Crippen MR) is 103 cm³/mol. The first-order chi connectivity index (χ1) is 12.4. The average Bonchev–Trinajstić information content (AvgIpc) is 3.09. The number of carbonyl (C=O) groups excluding carboxylic acids is 1. The van der Waals surface area contributed by atoms with Crippen molar-refractivity contribution in [2.75, 3.05) is 4.72 Å². The number of thiazole rings is 1. The van der Waals surface area contributed by atoms with E-state index in [1.807, 2.05) is 31.2 Å². The summed E-state index contributed by atoms with van der Waals surface area (Å²) in [6, 6.07) is 14.2. The normalized spacial score (nSPS) is 11.3. The summed E-state index contributed by atoms with van der Waals surface area (Å²) >= 11 is 1.21. The van der Waals surface area contributed by atoms with Crippen molar-refractivity contribution < 1.29 is 13.2 Å². The number of nitrogens with one attached hydrogen (secondary N) is 1. The first-order valence-corrected chi connectivity index (χ1v) is 10.4. The van der Waals surface area contributed by atoms with Crippen LogP contribution < -0.4 is 4.72 Å². The first-order valence-electron chi connectivity index (χ1n) is 8.01. The number of hydrogen-bond acceptors (Lipinski definition) is 5. The lowest BCUT2D eigenvalue weighted by atomic mass is 10.0. The third kappa shape index (κ3) is 4.77. The molecule has 1 aromatic heterocycles. The maximum absolute atomic E-state index is 12.3. The Morgan fingerprint density at radius 1 is 1.00 bits per heavy atom. The van der Waals surface area contributed by atoms with E-state index >= 15 is 0 Å². The fourth-order valence-electron chi connectivity index (χ4n) is 2.46. The molecule has 0 unspecified atom stereocenters. The fourth-order valence-corrected chi connectivity index (χ4v) is 4.25. The largest absolute Gasteiger partial charge is 0.299 e. The molecule has 0 aliphatic rings. The van der Waals surface area contributed by atoms with Crippen LogP contribution in [0.25, 0.3) is 0 Å². The summed E-state index contributed by atoms with van der Waals surface area (Å²) in [5, 5.41) is 2.02. The molecule has 26 heavy (non-hydrogen) atoms. The lowest BCUT2D eigenvalue weighted by Crippen LogP contribution is -2.13. The summed E-state index contributed by atoms with van der Waals surface area (Å²) in [6.45, 7) is 2.00. The van der Waals surface area contributed by atoms with Crippen molar-refractivity contribution in [3.63, 3.8) is 0 Å². The van der Waals surface area contributed by atoms with E-state index in [0.29, 0.717) is 11.6 Å². The maximum atomic E-state index is 12.3. The van der Waals surface area contributed by atoms with Crippen molar-refractivity contribution in [3.05, 3.63) is 76.8 Å². The van der Waals surface area contributed by atoms with Crippen LogP contribution in [0.3, 0.4) is 0 Å². The van der Waals surface area contributed by atoms with Crippen molar-refractivity contribution in [1.29, 1.82) is 0 Å². The number of hydrogen-bond donors (Lipinski definition) is 1. The SMILES string of the molecule is Cc1ccc(CC(=O)Cc2ccc(S(=O)(=O)Nc3nccs3)cc2)cc1. The number of nitrogens with zero attached hydrogens (tertiary/aromatic N) is 1. The van der Waals surface area contributed by atoms with Gasteiger partial charge in [0, 0.05) is 24.4 Å². The highest BCUT2D eigenvalue weighted by atomic mass is 32.2. The number of aryl methyl sites for hydroxylation is 1. The molecule has 0 fully saturated rings. The summed E-state index contributed by atoms with van der Waals surface area (Å²) < 4.78 is 27.0. The van der Waals surface area contributed by atoms with Gasteiger partial charge in [-0.05, 0) is 30.2 Å². The number of carbonyl (C=O) groups is 1. The van der Waals surface area contributed by atoms with Gasteiger partial charge in [-0.15, -0.1) is 11.3 Å². The van der Waals surface area contributed by atoms with Crippen molar-refractivity contribution in [1.82, 2.24) is 4.98 Å². The van der Waals surface area contributed by atoms with Crippen LogP contribution in [-0.4, -0.2) is 19.2 Å². The van der Waals surface area contributed by atoms with Crippen LogP contribution in [0, 0.1) is 6.92 Å².